The average molecular weight is 411 g/mol. The quantitative estimate of drug-likeness (QED) is 0.580. The van der Waals surface area contributed by atoms with E-state index < -0.39 is 0 Å². The zero-order chi connectivity index (χ0) is 21.0. The monoisotopic (exact) mass is 410 g/mol. The Labute approximate surface area is 185 Å². The minimum atomic E-state index is 0.260. The maximum atomic E-state index is 6.25. The third-order valence-electron chi connectivity index (χ3n) is 6.44. The third-order valence-corrected chi connectivity index (χ3v) is 6.44. The maximum Gasteiger partial charge on any atom is 0.125 e. The predicted octanol–water partition coefficient (Wildman–Crippen LogP) is 5.31. The second-order valence-corrected chi connectivity index (χ2v) is 8.58. The van der Waals surface area contributed by atoms with E-state index in [0.717, 1.165) is 38.5 Å². The summed E-state index contributed by atoms with van der Waals surface area (Å²) in [6.45, 7) is 8.07. The van der Waals surface area contributed by atoms with Crippen molar-refractivity contribution in [3.63, 3.8) is 0 Å². The summed E-state index contributed by atoms with van der Waals surface area (Å²) in [5.74, 6) is 1.04. The zero-order valence-electron chi connectivity index (χ0n) is 18.2. The number of benzene rings is 3. The van der Waals surface area contributed by atoms with Crippen molar-refractivity contribution < 1.29 is 4.74 Å². The van der Waals surface area contributed by atoms with Gasteiger partial charge < -0.3 is 4.74 Å². The Morgan fingerprint density at radius 3 is 2.48 bits per heavy atom. The maximum absolute atomic E-state index is 6.25. The summed E-state index contributed by atoms with van der Waals surface area (Å²) in [6.07, 6.45) is 4.52. The molecule has 2 heterocycles. The molecule has 0 aliphatic carbocycles. The molecule has 0 N–H and O–H groups in total. The van der Waals surface area contributed by atoms with Crippen LogP contribution in [0.25, 0.3) is 6.08 Å². The Kier molecular flexibility index (Phi) is 5.88. The highest BCUT2D eigenvalue weighted by molar-refractivity contribution is 5.49. The Morgan fingerprint density at radius 2 is 1.65 bits per heavy atom. The van der Waals surface area contributed by atoms with Gasteiger partial charge in [-0.1, -0.05) is 78.9 Å². The van der Waals surface area contributed by atoms with Crippen LogP contribution < -0.4 is 4.74 Å². The summed E-state index contributed by atoms with van der Waals surface area (Å²) in [5.41, 5.74) is 6.51. The molecule has 31 heavy (non-hydrogen) atoms. The smallest absolute Gasteiger partial charge is 0.125 e. The molecule has 3 heteroatoms. The summed E-state index contributed by atoms with van der Waals surface area (Å²) >= 11 is 0. The highest BCUT2D eigenvalue weighted by atomic mass is 16.5. The van der Waals surface area contributed by atoms with E-state index in [2.05, 4.69) is 102 Å². The van der Waals surface area contributed by atoms with Crippen LogP contribution in [0, 0.1) is 6.92 Å². The van der Waals surface area contributed by atoms with Crippen molar-refractivity contribution in [3.8, 4) is 5.75 Å². The highest BCUT2D eigenvalue weighted by Crippen LogP contribution is 2.40. The molecule has 2 aliphatic heterocycles. The second kappa shape index (κ2) is 9.09. The summed E-state index contributed by atoms with van der Waals surface area (Å²) in [4.78, 5) is 5.18. The van der Waals surface area contributed by atoms with Gasteiger partial charge >= 0.3 is 0 Å². The van der Waals surface area contributed by atoms with Gasteiger partial charge in [-0.2, -0.15) is 0 Å². The first-order chi connectivity index (χ1) is 15.3. The first kappa shape index (κ1) is 20.0. The van der Waals surface area contributed by atoms with Crippen molar-refractivity contribution >= 4 is 6.08 Å². The van der Waals surface area contributed by atoms with E-state index >= 15 is 0 Å². The summed E-state index contributed by atoms with van der Waals surface area (Å²) < 4.78 is 6.25. The topological polar surface area (TPSA) is 15.7 Å². The molecular weight excluding hydrogens is 380 g/mol. The van der Waals surface area contributed by atoms with Gasteiger partial charge in [-0.25, -0.2) is 0 Å². The molecule has 158 valence electrons. The predicted molar refractivity (Wildman–Crippen MR) is 127 cm³/mol. The molecule has 3 aromatic rings. The first-order valence-electron chi connectivity index (χ1n) is 11.3. The van der Waals surface area contributed by atoms with Crippen LogP contribution in [0.15, 0.2) is 78.9 Å². The second-order valence-electron chi connectivity index (χ2n) is 8.58. The van der Waals surface area contributed by atoms with E-state index in [1.54, 1.807) is 0 Å². The molecule has 1 fully saturated rings. The normalized spacial score (nSPS) is 19.5. The number of piperazine rings is 1. The van der Waals surface area contributed by atoms with E-state index in [-0.39, 0.29) is 6.04 Å². The van der Waals surface area contributed by atoms with Crippen molar-refractivity contribution in [2.75, 3.05) is 32.7 Å². The van der Waals surface area contributed by atoms with Crippen molar-refractivity contribution in [2.24, 2.45) is 0 Å². The Balaban J connectivity index is 1.32. The van der Waals surface area contributed by atoms with Crippen LogP contribution in [0.5, 0.6) is 5.75 Å². The van der Waals surface area contributed by atoms with Crippen LogP contribution in [0.3, 0.4) is 0 Å². The highest BCUT2D eigenvalue weighted by Gasteiger charge is 2.31. The van der Waals surface area contributed by atoms with Gasteiger partial charge in [0.2, 0.25) is 0 Å². The fraction of sp³-hybridized carbons (Fsp3) is 0.286. The standard InChI is InChI=1S/C28H30N2O/c1-22-13-14-26-27(20-22)31-21-24-11-5-6-12-25(24)28(26)30-18-16-29(17-19-30)15-7-10-23-8-3-2-4-9-23/h2-14,20,28H,15-19,21H2,1H3. The van der Waals surface area contributed by atoms with Crippen LogP contribution in [-0.4, -0.2) is 42.5 Å². The van der Waals surface area contributed by atoms with Crippen LogP contribution in [0.2, 0.25) is 0 Å². The summed E-state index contributed by atoms with van der Waals surface area (Å²) in [5, 5.41) is 0. The number of rotatable bonds is 4. The van der Waals surface area contributed by atoms with E-state index in [9.17, 15) is 0 Å². The number of nitrogens with zero attached hydrogens (tertiary/aromatic N) is 2. The minimum absolute atomic E-state index is 0.260. The van der Waals surface area contributed by atoms with Crippen LogP contribution >= 0.6 is 0 Å². The van der Waals surface area contributed by atoms with Crippen LogP contribution in [-0.2, 0) is 6.61 Å². The SMILES string of the molecule is Cc1ccc2c(c1)OCc1ccccc1C2N1CCN(CC=Cc2ccccc2)CC1. The van der Waals surface area contributed by atoms with E-state index in [4.69, 9.17) is 4.74 Å². The van der Waals surface area contributed by atoms with Crippen molar-refractivity contribution in [1.82, 2.24) is 9.80 Å². The molecule has 5 rings (SSSR count). The van der Waals surface area contributed by atoms with Gasteiger partial charge in [0, 0.05) is 38.3 Å². The van der Waals surface area contributed by atoms with Crippen LogP contribution in [0.1, 0.15) is 33.9 Å². The number of ether oxygens (including phenoxy) is 1. The van der Waals surface area contributed by atoms with E-state index in [0.29, 0.717) is 6.61 Å². The summed E-state index contributed by atoms with van der Waals surface area (Å²) in [6, 6.07) is 26.3. The molecule has 1 atom stereocenters. The van der Waals surface area contributed by atoms with Gasteiger partial charge in [0.1, 0.15) is 12.4 Å². The Morgan fingerprint density at radius 1 is 0.871 bits per heavy atom. The number of hydrogen-bond donors (Lipinski definition) is 0. The van der Waals surface area contributed by atoms with E-state index in [1.807, 2.05) is 0 Å². The van der Waals surface area contributed by atoms with Crippen molar-refractivity contribution in [1.29, 1.82) is 0 Å². The molecule has 3 aromatic carbocycles. The molecule has 1 saturated heterocycles. The molecule has 1 unspecified atom stereocenters. The van der Waals surface area contributed by atoms with Gasteiger partial charge in [0.05, 0.1) is 6.04 Å². The van der Waals surface area contributed by atoms with Gasteiger partial charge in [-0.3, -0.25) is 9.80 Å². The fourth-order valence-corrected chi connectivity index (χ4v) is 4.75. The molecular formula is C28H30N2O. The average Bonchev–Trinajstić information content (AvgIpc) is 2.97. The molecule has 0 bridgehead atoms. The first-order valence-corrected chi connectivity index (χ1v) is 11.3. The van der Waals surface area contributed by atoms with Gasteiger partial charge in [0.25, 0.3) is 0 Å². The third kappa shape index (κ3) is 4.43. The zero-order valence-corrected chi connectivity index (χ0v) is 18.2. The summed E-state index contributed by atoms with van der Waals surface area (Å²) in [7, 11) is 0. The van der Waals surface area contributed by atoms with Crippen LogP contribution in [0.4, 0.5) is 0 Å². The molecule has 0 radical (unpaired) electrons. The van der Waals surface area contributed by atoms with Gasteiger partial charge in [-0.05, 0) is 35.2 Å². The molecule has 0 aromatic heterocycles. The Bertz CT molecular complexity index is 1050. The molecule has 3 nitrogen and oxygen atoms in total. The lowest BCUT2D eigenvalue weighted by Crippen LogP contribution is -2.47. The lowest BCUT2D eigenvalue weighted by molar-refractivity contribution is 0.117. The number of aryl methyl sites for hydroxylation is 1. The molecule has 2 aliphatic rings. The van der Waals surface area contributed by atoms with Crippen molar-refractivity contribution in [2.45, 2.75) is 19.6 Å². The lowest BCUT2D eigenvalue weighted by Gasteiger charge is -2.39. The molecule has 0 amide bonds. The number of hydrogen-bond acceptors (Lipinski definition) is 3. The van der Waals surface area contributed by atoms with Gasteiger partial charge in [0.15, 0.2) is 0 Å². The minimum Gasteiger partial charge on any atom is -0.489 e. The van der Waals surface area contributed by atoms with Crippen molar-refractivity contribution in [3.05, 3.63) is 107 Å². The number of fused-ring (bicyclic) bond motifs is 2. The molecule has 0 spiro atoms. The fourth-order valence-electron chi connectivity index (χ4n) is 4.75. The Hall–Kier alpha value is -2.88. The molecule has 0 saturated carbocycles. The van der Waals surface area contributed by atoms with Gasteiger partial charge in [-0.15, -0.1) is 0 Å². The van der Waals surface area contributed by atoms with E-state index in [1.165, 1.54) is 27.8 Å². The largest absolute Gasteiger partial charge is 0.489 e. The lowest BCUT2D eigenvalue weighted by atomic mass is 9.92.